The first kappa shape index (κ1) is 38.0. The maximum Gasteiger partial charge on any atom is 0.407 e. The van der Waals surface area contributed by atoms with Gasteiger partial charge in [0.2, 0.25) is 11.8 Å². The van der Waals surface area contributed by atoms with E-state index in [0.717, 1.165) is 71.0 Å². The van der Waals surface area contributed by atoms with Crippen molar-refractivity contribution in [2.75, 3.05) is 7.11 Å². The van der Waals surface area contributed by atoms with Crippen molar-refractivity contribution in [3.05, 3.63) is 83.7 Å². The van der Waals surface area contributed by atoms with Crippen molar-refractivity contribution in [2.24, 2.45) is 23.7 Å². The molecule has 14 nitrogen and oxygen atoms in total. The van der Waals surface area contributed by atoms with E-state index in [1.54, 1.807) is 6.20 Å². The number of carbonyl (C=O) groups is 4. The predicted molar refractivity (Wildman–Crippen MR) is 213 cm³/mol. The highest BCUT2D eigenvalue weighted by Crippen LogP contribution is 2.54. The maximum absolute atomic E-state index is 13.7. The Kier molecular flexibility index (Phi) is 10.1. The summed E-state index contributed by atoms with van der Waals surface area (Å²) in [5, 5.41) is 14.5. The van der Waals surface area contributed by atoms with Crippen LogP contribution in [0.3, 0.4) is 0 Å². The number of H-pyrrole nitrogens is 2. The molecule has 8 atom stereocenters. The van der Waals surface area contributed by atoms with Gasteiger partial charge < -0.3 is 40.2 Å². The number of imidazole rings is 2. The van der Waals surface area contributed by atoms with Gasteiger partial charge in [0.05, 0.1) is 43.0 Å². The lowest BCUT2D eigenvalue weighted by atomic mass is 10.0. The number of nitrogens with one attached hydrogen (secondary N) is 4. The van der Waals surface area contributed by atoms with E-state index in [0.29, 0.717) is 11.8 Å². The van der Waals surface area contributed by atoms with Crippen LogP contribution in [0.4, 0.5) is 9.59 Å². The molecule has 4 aromatic rings. The third-order valence-electron chi connectivity index (χ3n) is 12.1. The summed E-state index contributed by atoms with van der Waals surface area (Å²) >= 11 is 0. The number of likely N-dealkylation sites (tertiary alicyclic amines) is 2. The second-order valence-corrected chi connectivity index (χ2v) is 16.6. The number of methoxy groups -OCH3 is 1. The van der Waals surface area contributed by atoms with Crippen molar-refractivity contribution in [3.8, 4) is 22.5 Å². The number of rotatable bonds is 12. The Morgan fingerprint density at radius 1 is 0.702 bits per heavy atom. The molecule has 4 heterocycles. The minimum Gasteiger partial charge on any atom is -0.465 e. The molecule has 5 N–H and O–H groups in total. The molecule has 2 saturated heterocycles. The van der Waals surface area contributed by atoms with Crippen LogP contribution in [0.2, 0.25) is 0 Å². The monoisotopic (exact) mass is 774 g/mol. The summed E-state index contributed by atoms with van der Waals surface area (Å²) in [5.41, 5.74) is 5.77. The van der Waals surface area contributed by atoms with Crippen molar-refractivity contribution < 1.29 is 29.0 Å². The zero-order valence-electron chi connectivity index (χ0n) is 32.8. The van der Waals surface area contributed by atoms with Crippen LogP contribution in [0.5, 0.6) is 0 Å². The minimum atomic E-state index is -1.20. The van der Waals surface area contributed by atoms with Crippen molar-refractivity contribution in [1.82, 2.24) is 40.4 Å². The number of carbonyl (C=O) groups excluding carboxylic acids is 3. The van der Waals surface area contributed by atoms with E-state index in [1.165, 1.54) is 7.11 Å². The number of aromatic amines is 2. The Bertz CT molecular complexity index is 2170. The van der Waals surface area contributed by atoms with E-state index in [-0.39, 0.29) is 47.8 Å². The van der Waals surface area contributed by atoms with E-state index in [2.05, 4.69) is 49.9 Å². The first-order chi connectivity index (χ1) is 27.4. The van der Waals surface area contributed by atoms with Gasteiger partial charge in [0.1, 0.15) is 23.7 Å². The van der Waals surface area contributed by atoms with E-state index < -0.39 is 24.3 Å². The van der Waals surface area contributed by atoms with Crippen molar-refractivity contribution in [1.29, 1.82) is 0 Å². The van der Waals surface area contributed by atoms with Crippen LogP contribution >= 0.6 is 0 Å². The number of carboxylic acid groups (broad SMARTS) is 1. The number of aromatic nitrogens is 4. The van der Waals surface area contributed by atoms with Gasteiger partial charge in [0, 0.05) is 12.1 Å². The zero-order valence-corrected chi connectivity index (χ0v) is 32.8. The van der Waals surface area contributed by atoms with E-state index in [1.807, 2.05) is 80.1 Å². The van der Waals surface area contributed by atoms with Gasteiger partial charge in [-0.3, -0.25) is 9.59 Å². The molecule has 2 aromatic heterocycles. The largest absolute Gasteiger partial charge is 0.465 e. The smallest absolute Gasteiger partial charge is 0.407 e. The number of alkyl carbamates (subject to hydrolysis) is 1. The quantitative estimate of drug-likeness (QED) is 0.0993. The molecule has 8 rings (SSSR count). The summed E-state index contributed by atoms with van der Waals surface area (Å²) in [5.74, 6) is 1.78. The summed E-state index contributed by atoms with van der Waals surface area (Å²) in [6.45, 7) is 7.53. The third-order valence-corrected chi connectivity index (χ3v) is 12.1. The van der Waals surface area contributed by atoms with Crippen LogP contribution < -0.4 is 10.6 Å². The number of piperidine rings is 2. The standard InChI is InChI=1S/C43H50N8O6/c1-22(2)36(48-42(54)55)40(52)50-32-16-28(32)18-34(50)38-44-20-30(46-38)26-12-8-24(9-13-26)6-7-25-10-14-27(15-11-25)31-21-45-39(47-31)35-19-29-17-33(29)51(35)41(53)37(23(3)4)49-43(56)57-5/h6-15,20-23,28-29,32-37,48H,16-19H2,1-5H3,(H,44,46)(H,45,47)(H,49,56)(H,54,55)/b7-6+/t28-,29?,32?,33?,34+,35?,36+,37+/m1/s1. The first-order valence-corrected chi connectivity index (χ1v) is 19.9. The number of hydrogen-bond acceptors (Lipinski definition) is 7. The Labute approximate surface area is 331 Å². The highest BCUT2D eigenvalue weighted by atomic mass is 16.5. The molecule has 14 heteroatoms. The van der Waals surface area contributed by atoms with Crippen LogP contribution in [-0.2, 0) is 14.3 Å². The molecule has 4 aliphatic rings. The van der Waals surface area contributed by atoms with Crippen LogP contribution in [0.1, 0.15) is 88.2 Å². The molecule has 0 bridgehead atoms. The van der Waals surface area contributed by atoms with Crippen LogP contribution in [-0.4, -0.2) is 90.1 Å². The lowest BCUT2D eigenvalue weighted by Crippen LogP contribution is -2.52. The molecule has 2 aliphatic heterocycles. The van der Waals surface area contributed by atoms with E-state index >= 15 is 0 Å². The van der Waals surface area contributed by atoms with Gasteiger partial charge in [-0.25, -0.2) is 19.6 Å². The SMILES string of the molecule is COC(=O)N[C@H](C(=O)N1C(c2ncc(-c3ccc(/C=C/c4ccc(-c5cnc([C@@H]6C[C@H]7CC7N6C(=O)[C@@H](NC(=O)O)C(C)C)[nH]5)cc4)cc3)[nH]2)CC2CC21)C(C)C. The summed E-state index contributed by atoms with van der Waals surface area (Å²) in [7, 11) is 1.30. The average molecular weight is 775 g/mol. The molecule has 298 valence electrons. The number of nitrogens with zero attached hydrogens (tertiary/aromatic N) is 4. The molecule has 0 spiro atoms. The van der Waals surface area contributed by atoms with Crippen molar-refractivity contribution >= 4 is 36.2 Å². The molecule has 2 saturated carbocycles. The Balaban J connectivity index is 0.896. The summed E-state index contributed by atoms with van der Waals surface area (Å²) in [6, 6.07) is 14.8. The molecule has 0 radical (unpaired) electrons. The molecule has 4 fully saturated rings. The zero-order chi connectivity index (χ0) is 40.1. The Morgan fingerprint density at radius 2 is 1.12 bits per heavy atom. The Morgan fingerprint density at radius 3 is 1.51 bits per heavy atom. The Hall–Kier alpha value is -5.92. The number of hydrogen-bond donors (Lipinski definition) is 5. The molecular weight excluding hydrogens is 725 g/mol. The first-order valence-electron chi connectivity index (χ1n) is 19.9. The van der Waals surface area contributed by atoms with Gasteiger partial charge in [-0.1, -0.05) is 88.4 Å². The van der Waals surface area contributed by atoms with Crippen molar-refractivity contribution in [3.63, 3.8) is 0 Å². The fraction of sp³-hybridized carbons (Fsp3) is 0.442. The molecule has 2 aromatic carbocycles. The fourth-order valence-corrected chi connectivity index (χ4v) is 8.75. The predicted octanol–water partition coefficient (Wildman–Crippen LogP) is 6.63. The summed E-state index contributed by atoms with van der Waals surface area (Å²) in [4.78, 5) is 70.8. The number of amides is 4. The van der Waals surface area contributed by atoms with Gasteiger partial charge in [0.25, 0.3) is 0 Å². The number of benzene rings is 2. The second kappa shape index (κ2) is 15.2. The lowest BCUT2D eigenvalue weighted by molar-refractivity contribution is -0.137. The van der Waals surface area contributed by atoms with Gasteiger partial charge in [-0.2, -0.15) is 0 Å². The van der Waals surface area contributed by atoms with Crippen LogP contribution in [0.25, 0.3) is 34.7 Å². The highest BCUT2D eigenvalue weighted by molar-refractivity contribution is 5.88. The molecule has 4 unspecified atom stereocenters. The maximum atomic E-state index is 13.7. The van der Waals surface area contributed by atoms with Gasteiger partial charge in [-0.15, -0.1) is 0 Å². The third kappa shape index (κ3) is 7.64. The average Bonchev–Trinajstić information content (AvgIpc) is 3.78. The number of fused-ring (bicyclic) bond motifs is 2. The van der Waals surface area contributed by atoms with Crippen LogP contribution in [0.15, 0.2) is 60.9 Å². The molecule has 2 aliphatic carbocycles. The lowest BCUT2D eigenvalue weighted by Gasteiger charge is -2.31. The molecule has 57 heavy (non-hydrogen) atoms. The summed E-state index contributed by atoms with van der Waals surface area (Å²) in [6.07, 6.45) is 9.51. The second-order valence-electron chi connectivity index (χ2n) is 16.6. The van der Waals surface area contributed by atoms with E-state index in [4.69, 9.17) is 9.72 Å². The molecule has 4 amide bonds. The number of ether oxygens (including phenoxy) is 1. The fourth-order valence-electron chi connectivity index (χ4n) is 8.75. The summed E-state index contributed by atoms with van der Waals surface area (Å²) < 4.78 is 4.78. The highest BCUT2D eigenvalue weighted by Gasteiger charge is 2.57. The van der Waals surface area contributed by atoms with E-state index in [9.17, 15) is 24.3 Å². The molecular formula is C43H50N8O6. The van der Waals surface area contributed by atoms with Gasteiger partial charge in [0.15, 0.2) is 0 Å². The topological polar surface area (TPSA) is 186 Å². The van der Waals surface area contributed by atoms with Gasteiger partial charge >= 0.3 is 12.2 Å². The van der Waals surface area contributed by atoms with Gasteiger partial charge in [-0.05, 0) is 71.6 Å². The van der Waals surface area contributed by atoms with Crippen molar-refractivity contribution in [2.45, 2.75) is 89.6 Å². The normalized spacial score (nSPS) is 24.3. The van der Waals surface area contributed by atoms with Crippen LogP contribution in [0, 0.1) is 23.7 Å². The minimum absolute atomic E-state index is 0.0963.